The minimum absolute atomic E-state index is 0.0392. The number of thiophene rings is 1. The highest BCUT2D eigenvalue weighted by Crippen LogP contribution is 2.49. The molecule has 0 spiro atoms. The van der Waals surface area contributed by atoms with Gasteiger partial charge in [0.1, 0.15) is 16.5 Å². The molecule has 0 saturated heterocycles. The summed E-state index contributed by atoms with van der Waals surface area (Å²) in [7, 11) is 0. The van der Waals surface area contributed by atoms with E-state index in [0.717, 1.165) is 29.0 Å². The third-order valence-corrected chi connectivity index (χ3v) is 6.07. The maximum Gasteiger partial charge on any atom is 0.346 e. The lowest BCUT2D eigenvalue weighted by Gasteiger charge is -2.24. The summed E-state index contributed by atoms with van der Waals surface area (Å²) in [6.45, 7) is 1.92. The predicted octanol–water partition coefficient (Wildman–Crippen LogP) is 5.17. The topological polar surface area (TPSA) is 66.4 Å². The van der Waals surface area contributed by atoms with Gasteiger partial charge >= 0.3 is 5.97 Å². The fourth-order valence-corrected chi connectivity index (χ4v) is 4.71. The second-order valence-electron chi connectivity index (χ2n) is 6.69. The SMILES string of the molecule is Cc1ccc(-c2c(C(=O)O)sc3c2NC(=O)C[C@H]3c2ccc(F)cc2F)cc1. The van der Waals surface area contributed by atoms with Gasteiger partial charge in [0.05, 0.1) is 5.69 Å². The van der Waals surface area contributed by atoms with Crippen LogP contribution in [-0.2, 0) is 4.79 Å². The first-order valence-electron chi connectivity index (χ1n) is 8.57. The van der Waals surface area contributed by atoms with Crippen molar-refractivity contribution in [1.82, 2.24) is 0 Å². The second kappa shape index (κ2) is 6.83. The Kier molecular flexibility index (Phi) is 4.47. The van der Waals surface area contributed by atoms with E-state index in [1.165, 1.54) is 6.07 Å². The number of carbonyl (C=O) groups excluding carboxylic acids is 1. The smallest absolute Gasteiger partial charge is 0.346 e. The first kappa shape index (κ1) is 18.3. The summed E-state index contributed by atoms with van der Waals surface area (Å²) in [6.07, 6.45) is -0.0392. The second-order valence-corrected chi connectivity index (χ2v) is 7.74. The van der Waals surface area contributed by atoms with Gasteiger partial charge in [0.15, 0.2) is 0 Å². The summed E-state index contributed by atoms with van der Waals surface area (Å²) in [5.41, 5.74) is 2.64. The molecular formula is C21H15F2NO3S. The van der Waals surface area contributed by atoms with Crippen molar-refractivity contribution in [3.8, 4) is 11.1 Å². The molecule has 2 heterocycles. The highest BCUT2D eigenvalue weighted by Gasteiger charge is 2.35. The van der Waals surface area contributed by atoms with Crippen molar-refractivity contribution in [2.75, 3.05) is 5.32 Å². The molecule has 0 saturated carbocycles. The number of carboxylic acid groups (broad SMARTS) is 1. The zero-order chi connectivity index (χ0) is 20.0. The summed E-state index contributed by atoms with van der Waals surface area (Å²) in [5, 5.41) is 12.5. The summed E-state index contributed by atoms with van der Waals surface area (Å²) in [4.78, 5) is 24.9. The van der Waals surface area contributed by atoms with Gasteiger partial charge in [0, 0.05) is 28.8 Å². The van der Waals surface area contributed by atoms with Crippen molar-refractivity contribution in [3.05, 3.63) is 75.0 Å². The van der Waals surface area contributed by atoms with Crippen LogP contribution in [0.5, 0.6) is 0 Å². The van der Waals surface area contributed by atoms with Crippen LogP contribution in [0, 0.1) is 18.6 Å². The third kappa shape index (κ3) is 3.07. The van der Waals surface area contributed by atoms with Gasteiger partial charge in [-0.25, -0.2) is 13.6 Å². The Balaban J connectivity index is 1.94. The van der Waals surface area contributed by atoms with Crippen LogP contribution in [0.3, 0.4) is 0 Å². The number of hydrogen-bond donors (Lipinski definition) is 2. The van der Waals surface area contributed by atoms with Gasteiger partial charge in [0.25, 0.3) is 0 Å². The number of amides is 1. The monoisotopic (exact) mass is 399 g/mol. The Morgan fingerprint density at radius 1 is 1.18 bits per heavy atom. The molecule has 0 radical (unpaired) electrons. The predicted molar refractivity (Wildman–Crippen MR) is 103 cm³/mol. The lowest BCUT2D eigenvalue weighted by atomic mass is 9.88. The minimum atomic E-state index is -1.12. The average molecular weight is 399 g/mol. The van der Waals surface area contributed by atoms with Gasteiger partial charge in [-0.15, -0.1) is 11.3 Å². The number of carbonyl (C=O) groups is 2. The van der Waals surface area contributed by atoms with E-state index in [1.807, 2.05) is 19.1 Å². The van der Waals surface area contributed by atoms with Crippen molar-refractivity contribution < 1.29 is 23.5 Å². The Hall–Kier alpha value is -3.06. The molecule has 4 nitrogen and oxygen atoms in total. The van der Waals surface area contributed by atoms with Crippen molar-refractivity contribution >= 4 is 28.9 Å². The average Bonchev–Trinajstić information content (AvgIpc) is 3.01. The molecule has 2 aromatic carbocycles. The molecule has 4 rings (SSSR count). The molecule has 3 aromatic rings. The number of nitrogens with one attached hydrogen (secondary N) is 1. The Morgan fingerprint density at radius 2 is 1.89 bits per heavy atom. The Bertz CT molecular complexity index is 1110. The molecule has 142 valence electrons. The molecule has 1 aliphatic heterocycles. The van der Waals surface area contributed by atoms with Crippen LogP contribution >= 0.6 is 11.3 Å². The Labute approximate surface area is 163 Å². The molecule has 0 unspecified atom stereocenters. The van der Waals surface area contributed by atoms with Crippen molar-refractivity contribution in [2.45, 2.75) is 19.3 Å². The molecular weight excluding hydrogens is 384 g/mol. The van der Waals surface area contributed by atoms with E-state index in [2.05, 4.69) is 5.32 Å². The van der Waals surface area contributed by atoms with E-state index < -0.39 is 23.5 Å². The first-order chi connectivity index (χ1) is 13.3. The minimum Gasteiger partial charge on any atom is -0.477 e. The maximum absolute atomic E-state index is 14.4. The number of rotatable bonds is 3. The van der Waals surface area contributed by atoms with Crippen molar-refractivity contribution in [3.63, 3.8) is 0 Å². The molecule has 1 amide bonds. The summed E-state index contributed by atoms with van der Waals surface area (Å²) in [5.74, 6) is -3.61. The lowest BCUT2D eigenvalue weighted by Crippen LogP contribution is -2.23. The number of anilines is 1. The van der Waals surface area contributed by atoms with Crippen LogP contribution in [0.4, 0.5) is 14.5 Å². The molecule has 2 N–H and O–H groups in total. The van der Waals surface area contributed by atoms with Crippen LogP contribution in [0.2, 0.25) is 0 Å². The largest absolute Gasteiger partial charge is 0.477 e. The van der Waals surface area contributed by atoms with E-state index in [0.29, 0.717) is 21.7 Å². The first-order valence-corrected chi connectivity index (χ1v) is 9.38. The van der Waals surface area contributed by atoms with Gasteiger partial charge in [-0.05, 0) is 24.1 Å². The van der Waals surface area contributed by atoms with Gasteiger partial charge in [-0.2, -0.15) is 0 Å². The van der Waals surface area contributed by atoms with E-state index in [9.17, 15) is 23.5 Å². The van der Waals surface area contributed by atoms with E-state index in [-0.39, 0.29) is 22.8 Å². The van der Waals surface area contributed by atoms with Crippen LogP contribution in [0.25, 0.3) is 11.1 Å². The third-order valence-electron chi connectivity index (χ3n) is 4.78. The molecule has 1 aliphatic rings. The number of fused-ring (bicyclic) bond motifs is 1. The number of benzene rings is 2. The molecule has 0 bridgehead atoms. The van der Waals surface area contributed by atoms with Crippen LogP contribution < -0.4 is 5.32 Å². The van der Waals surface area contributed by atoms with Crippen molar-refractivity contribution in [2.24, 2.45) is 0 Å². The highest BCUT2D eigenvalue weighted by molar-refractivity contribution is 7.15. The highest BCUT2D eigenvalue weighted by atomic mass is 32.1. The fourth-order valence-electron chi connectivity index (χ4n) is 3.47. The van der Waals surface area contributed by atoms with Crippen LogP contribution in [0.1, 0.15) is 38.0 Å². The quantitative estimate of drug-likeness (QED) is 0.638. The number of aromatic carboxylic acids is 1. The summed E-state index contributed by atoms with van der Waals surface area (Å²) < 4.78 is 27.7. The zero-order valence-corrected chi connectivity index (χ0v) is 15.6. The van der Waals surface area contributed by atoms with Crippen LogP contribution in [-0.4, -0.2) is 17.0 Å². The molecule has 1 atom stereocenters. The summed E-state index contributed by atoms with van der Waals surface area (Å²) in [6, 6.07) is 10.5. The lowest BCUT2D eigenvalue weighted by molar-refractivity contribution is -0.116. The van der Waals surface area contributed by atoms with Gasteiger partial charge in [-0.1, -0.05) is 35.9 Å². The standard InChI is InChI=1S/C21H15F2NO3S/c1-10-2-4-11(5-3-10)17-18-19(28-20(17)21(26)27)14(9-16(25)24-18)13-7-6-12(22)8-15(13)23/h2-8,14H,9H2,1H3,(H,24,25)(H,26,27)/t14-/m0/s1. The Morgan fingerprint density at radius 3 is 2.54 bits per heavy atom. The molecule has 7 heteroatoms. The molecule has 0 aliphatic carbocycles. The fraction of sp³-hybridized carbons (Fsp3) is 0.143. The molecule has 0 fully saturated rings. The molecule has 1 aromatic heterocycles. The van der Waals surface area contributed by atoms with Crippen molar-refractivity contribution in [1.29, 1.82) is 0 Å². The summed E-state index contributed by atoms with van der Waals surface area (Å²) >= 11 is 1.01. The van der Waals surface area contributed by atoms with E-state index in [4.69, 9.17) is 0 Å². The van der Waals surface area contributed by atoms with Gasteiger partial charge in [-0.3, -0.25) is 4.79 Å². The number of halogens is 2. The maximum atomic E-state index is 14.4. The number of hydrogen-bond acceptors (Lipinski definition) is 3. The normalized spacial score (nSPS) is 15.8. The zero-order valence-electron chi connectivity index (χ0n) is 14.8. The van der Waals surface area contributed by atoms with E-state index in [1.54, 1.807) is 12.1 Å². The number of carboxylic acids is 1. The molecule has 28 heavy (non-hydrogen) atoms. The van der Waals surface area contributed by atoms with Gasteiger partial charge < -0.3 is 10.4 Å². The van der Waals surface area contributed by atoms with Gasteiger partial charge in [0.2, 0.25) is 5.91 Å². The van der Waals surface area contributed by atoms with E-state index >= 15 is 0 Å². The van der Waals surface area contributed by atoms with Crippen LogP contribution in [0.15, 0.2) is 42.5 Å². The number of aryl methyl sites for hydroxylation is 1.